The average molecular weight is 183 g/mol. The molecular weight excluding hydrogens is 170 g/mol. The fourth-order valence-electron chi connectivity index (χ4n) is 1.00. The van der Waals surface area contributed by atoms with Crippen LogP contribution in [0.3, 0.4) is 0 Å². The number of anilines is 2. The molecule has 0 saturated carbocycles. The lowest BCUT2D eigenvalue weighted by Gasteiger charge is -2.17. The first kappa shape index (κ1) is 9.53. The molecule has 6 nitrogen and oxygen atoms in total. The molecule has 72 valence electrons. The third-order valence-corrected chi connectivity index (χ3v) is 1.69. The number of nitrogens with two attached hydrogens (primary N) is 2. The second-order valence-electron chi connectivity index (χ2n) is 2.68. The summed E-state index contributed by atoms with van der Waals surface area (Å²) >= 11 is 0. The van der Waals surface area contributed by atoms with Gasteiger partial charge < -0.3 is 21.4 Å². The summed E-state index contributed by atoms with van der Waals surface area (Å²) in [6.45, 7) is 1.10. The zero-order valence-corrected chi connectivity index (χ0v) is 7.45. The number of likely N-dealkylation sites (N-methyl/N-ethyl adjacent to an activating group) is 1. The molecular formula is C7H13N5O. The molecule has 1 heterocycles. The first-order valence-corrected chi connectivity index (χ1v) is 3.91. The van der Waals surface area contributed by atoms with Crippen LogP contribution in [0.1, 0.15) is 0 Å². The van der Waals surface area contributed by atoms with Crippen LogP contribution >= 0.6 is 0 Å². The fourth-order valence-corrected chi connectivity index (χ4v) is 1.00. The maximum absolute atomic E-state index is 11.1. The molecule has 0 fully saturated rings. The Bertz CT molecular complexity index is 334. The van der Waals surface area contributed by atoms with Gasteiger partial charge in [0.1, 0.15) is 5.69 Å². The maximum atomic E-state index is 11.1. The van der Waals surface area contributed by atoms with Crippen LogP contribution in [0.4, 0.5) is 11.5 Å². The van der Waals surface area contributed by atoms with Gasteiger partial charge in [-0.25, -0.2) is 4.98 Å². The van der Waals surface area contributed by atoms with Crippen LogP contribution in [0.25, 0.3) is 0 Å². The zero-order chi connectivity index (χ0) is 9.84. The molecule has 0 aliphatic carbocycles. The molecule has 0 amide bonds. The van der Waals surface area contributed by atoms with Crippen LogP contribution in [-0.2, 0) is 0 Å². The summed E-state index contributed by atoms with van der Waals surface area (Å²) in [7, 11) is 1.78. The highest BCUT2D eigenvalue weighted by molar-refractivity contribution is 5.60. The van der Waals surface area contributed by atoms with E-state index in [0.29, 0.717) is 18.9 Å². The first-order chi connectivity index (χ1) is 6.16. The Balaban J connectivity index is 3.00. The highest BCUT2D eigenvalue weighted by atomic mass is 16.1. The van der Waals surface area contributed by atoms with Gasteiger partial charge >= 0.3 is 0 Å². The van der Waals surface area contributed by atoms with Crippen molar-refractivity contribution >= 4 is 11.5 Å². The number of nitrogens with one attached hydrogen (secondary N) is 1. The van der Waals surface area contributed by atoms with Crippen LogP contribution < -0.4 is 21.9 Å². The third kappa shape index (κ3) is 1.97. The number of hydrogen-bond acceptors (Lipinski definition) is 5. The number of hydrogen-bond donors (Lipinski definition) is 3. The Labute approximate surface area is 75.6 Å². The summed E-state index contributed by atoms with van der Waals surface area (Å²) in [5.41, 5.74) is 10.7. The summed E-state index contributed by atoms with van der Waals surface area (Å²) in [4.78, 5) is 19.1. The van der Waals surface area contributed by atoms with Crippen molar-refractivity contribution < 1.29 is 0 Å². The second kappa shape index (κ2) is 3.90. The van der Waals surface area contributed by atoms with Gasteiger partial charge in [0.25, 0.3) is 5.56 Å². The van der Waals surface area contributed by atoms with Crippen molar-refractivity contribution in [1.29, 1.82) is 0 Å². The lowest BCUT2D eigenvalue weighted by molar-refractivity contribution is 0.863. The van der Waals surface area contributed by atoms with Gasteiger partial charge in [-0.15, -0.1) is 0 Å². The summed E-state index contributed by atoms with van der Waals surface area (Å²) in [5.74, 6) is 0.467. The van der Waals surface area contributed by atoms with Crippen LogP contribution in [0, 0.1) is 0 Å². The fraction of sp³-hybridized carbons (Fsp3) is 0.429. The van der Waals surface area contributed by atoms with E-state index in [2.05, 4.69) is 9.97 Å². The molecule has 0 aliphatic heterocycles. The molecule has 13 heavy (non-hydrogen) atoms. The lowest BCUT2D eigenvalue weighted by Crippen LogP contribution is -2.28. The van der Waals surface area contributed by atoms with E-state index < -0.39 is 0 Å². The van der Waals surface area contributed by atoms with Crippen molar-refractivity contribution in [3.05, 3.63) is 16.7 Å². The largest absolute Gasteiger partial charge is 0.391 e. The molecule has 0 aromatic carbocycles. The van der Waals surface area contributed by atoms with Crippen molar-refractivity contribution in [1.82, 2.24) is 9.97 Å². The molecule has 5 N–H and O–H groups in total. The number of H-pyrrole nitrogens is 1. The van der Waals surface area contributed by atoms with E-state index in [0.717, 1.165) is 0 Å². The lowest BCUT2D eigenvalue weighted by atomic mass is 10.4. The number of rotatable bonds is 3. The Kier molecular flexibility index (Phi) is 2.86. The molecule has 1 rings (SSSR count). The Morgan fingerprint density at radius 3 is 3.00 bits per heavy atom. The average Bonchev–Trinajstić information content (AvgIpc) is 2.10. The van der Waals surface area contributed by atoms with E-state index in [4.69, 9.17) is 11.5 Å². The summed E-state index contributed by atoms with van der Waals surface area (Å²) in [6, 6.07) is 0. The van der Waals surface area contributed by atoms with Crippen LogP contribution in [0.5, 0.6) is 0 Å². The van der Waals surface area contributed by atoms with E-state index in [1.807, 2.05) is 0 Å². The molecule has 0 bridgehead atoms. The normalized spacial score (nSPS) is 10.0. The molecule has 0 aliphatic rings. The van der Waals surface area contributed by atoms with E-state index in [1.165, 1.54) is 6.33 Å². The van der Waals surface area contributed by atoms with Gasteiger partial charge in [0.15, 0.2) is 5.82 Å². The summed E-state index contributed by atoms with van der Waals surface area (Å²) < 4.78 is 0. The highest BCUT2D eigenvalue weighted by Gasteiger charge is 2.07. The van der Waals surface area contributed by atoms with Crippen molar-refractivity contribution in [3.63, 3.8) is 0 Å². The van der Waals surface area contributed by atoms with E-state index in [1.54, 1.807) is 11.9 Å². The van der Waals surface area contributed by atoms with Gasteiger partial charge in [-0.1, -0.05) is 0 Å². The van der Waals surface area contributed by atoms with Gasteiger partial charge in [-0.3, -0.25) is 4.79 Å². The van der Waals surface area contributed by atoms with E-state index in [9.17, 15) is 4.79 Å². The third-order valence-electron chi connectivity index (χ3n) is 1.69. The van der Waals surface area contributed by atoms with Crippen LogP contribution in [0.2, 0.25) is 0 Å². The monoisotopic (exact) mass is 183 g/mol. The van der Waals surface area contributed by atoms with Crippen LogP contribution in [-0.4, -0.2) is 30.1 Å². The summed E-state index contributed by atoms with van der Waals surface area (Å²) in [5, 5.41) is 0. The highest BCUT2D eigenvalue weighted by Crippen LogP contribution is 2.11. The first-order valence-electron chi connectivity index (χ1n) is 3.91. The molecule has 0 radical (unpaired) electrons. The Hall–Kier alpha value is -1.56. The number of nitrogens with zero attached hydrogens (tertiary/aromatic N) is 2. The number of aromatic nitrogens is 2. The Morgan fingerprint density at radius 1 is 1.69 bits per heavy atom. The predicted molar refractivity (Wildman–Crippen MR) is 51.6 cm³/mol. The van der Waals surface area contributed by atoms with Gasteiger partial charge in [-0.05, 0) is 0 Å². The summed E-state index contributed by atoms with van der Waals surface area (Å²) in [6.07, 6.45) is 1.32. The maximum Gasteiger partial charge on any atom is 0.276 e. The number of nitrogen functional groups attached to an aromatic ring is 1. The molecule has 0 unspecified atom stereocenters. The van der Waals surface area contributed by atoms with Crippen molar-refractivity contribution in [3.8, 4) is 0 Å². The van der Waals surface area contributed by atoms with Crippen molar-refractivity contribution in [2.75, 3.05) is 30.8 Å². The molecule has 0 saturated heterocycles. The zero-order valence-electron chi connectivity index (χ0n) is 7.45. The standard InChI is InChI=1S/C7H13N5O/c1-12(3-2-8)6-5(9)7(13)11-4-10-6/h4H,2-3,8-9H2,1H3,(H,10,11,13). The number of aromatic amines is 1. The second-order valence-corrected chi connectivity index (χ2v) is 2.68. The topological polar surface area (TPSA) is 101 Å². The minimum absolute atomic E-state index is 0.124. The Morgan fingerprint density at radius 2 is 2.38 bits per heavy atom. The van der Waals surface area contributed by atoms with Gasteiger partial charge in [0.05, 0.1) is 6.33 Å². The molecule has 1 aromatic heterocycles. The minimum atomic E-state index is -0.325. The quantitative estimate of drug-likeness (QED) is 0.543. The molecule has 0 atom stereocenters. The molecule has 0 spiro atoms. The van der Waals surface area contributed by atoms with Gasteiger partial charge in [0.2, 0.25) is 0 Å². The van der Waals surface area contributed by atoms with Gasteiger partial charge in [-0.2, -0.15) is 0 Å². The van der Waals surface area contributed by atoms with Crippen molar-refractivity contribution in [2.24, 2.45) is 5.73 Å². The van der Waals surface area contributed by atoms with Gasteiger partial charge in [0, 0.05) is 20.1 Å². The van der Waals surface area contributed by atoms with E-state index >= 15 is 0 Å². The molecule has 6 heteroatoms. The smallest absolute Gasteiger partial charge is 0.276 e. The van der Waals surface area contributed by atoms with E-state index in [-0.39, 0.29) is 11.2 Å². The van der Waals surface area contributed by atoms with Crippen molar-refractivity contribution in [2.45, 2.75) is 0 Å². The molecule has 1 aromatic rings. The minimum Gasteiger partial charge on any atom is -0.391 e. The SMILES string of the molecule is CN(CCN)c1nc[nH]c(=O)c1N. The van der Waals surface area contributed by atoms with Crippen LogP contribution in [0.15, 0.2) is 11.1 Å². The predicted octanol–water partition coefficient (Wildman–Crippen LogP) is -1.25.